The molecule has 2 unspecified atom stereocenters. The van der Waals surface area contributed by atoms with E-state index < -0.39 is 5.97 Å². The molecule has 1 amide bonds. The molecule has 1 saturated carbocycles. The number of hydrogen-bond donors (Lipinski definition) is 1. The average Bonchev–Trinajstić information content (AvgIpc) is 2.55. The normalized spacial score (nSPS) is 21.2. The van der Waals surface area contributed by atoms with Crippen LogP contribution in [-0.4, -0.2) is 24.5 Å². The number of hydrogen-bond acceptors (Lipinski definition) is 3. The van der Waals surface area contributed by atoms with E-state index in [1.165, 1.54) is 12.0 Å². The summed E-state index contributed by atoms with van der Waals surface area (Å²) in [4.78, 5) is 23.8. The first-order valence-electron chi connectivity index (χ1n) is 8.15. The van der Waals surface area contributed by atoms with Gasteiger partial charge in [-0.05, 0) is 42.9 Å². The van der Waals surface area contributed by atoms with E-state index in [9.17, 15) is 9.59 Å². The van der Waals surface area contributed by atoms with Gasteiger partial charge in [-0.25, -0.2) is 4.79 Å². The first-order valence-corrected chi connectivity index (χ1v) is 8.15. The molecule has 1 N–H and O–H groups in total. The molecule has 0 aliphatic heterocycles. The highest BCUT2D eigenvalue weighted by Gasteiger charge is 2.23. The van der Waals surface area contributed by atoms with Gasteiger partial charge < -0.3 is 10.1 Å². The van der Waals surface area contributed by atoms with E-state index in [1.54, 1.807) is 12.1 Å². The number of nitrogens with one attached hydrogen (secondary N) is 1. The van der Waals surface area contributed by atoms with E-state index in [4.69, 9.17) is 4.74 Å². The first-order chi connectivity index (χ1) is 10.6. The van der Waals surface area contributed by atoms with Gasteiger partial charge in [0.05, 0.1) is 5.56 Å². The standard InChI is InChI=1S/C18H25NO3/c1-3-14-8-10-15(11-9-14)18(21)22-12-17(20)19-16-7-5-4-6-13(16)2/h8-11,13,16H,3-7,12H2,1-2H3,(H,19,20). The second kappa shape index (κ2) is 7.97. The van der Waals surface area contributed by atoms with Gasteiger partial charge in [0.2, 0.25) is 0 Å². The molecule has 1 aromatic rings. The van der Waals surface area contributed by atoms with Crippen LogP contribution in [0.3, 0.4) is 0 Å². The summed E-state index contributed by atoms with van der Waals surface area (Å²) in [6.45, 7) is 4.01. The quantitative estimate of drug-likeness (QED) is 0.850. The molecule has 4 nitrogen and oxygen atoms in total. The topological polar surface area (TPSA) is 55.4 Å². The van der Waals surface area contributed by atoms with E-state index in [2.05, 4.69) is 19.2 Å². The molecule has 1 aliphatic rings. The maximum absolute atomic E-state index is 11.9. The van der Waals surface area contributed by atoms with Crippen LogP contribution in [0.15, 0.2) is 24.3 Å². The Balaban J connectivity index is 1.78. The number of carbonyl (C=O) groups excluding carboxylic acids is 2. The van der Waals surface area contributed by atoms with Crippen LogP contribution in [-0.2, 0) is 16.0 Å². The maximum atomic E-state index is 11.9. The van der Waals surface area contributed by atoms with Crippen molar-refractivity contribution in [2.45, 2.75) is 52.0 Å². The fraction of sp³-hybridized carbons (Fsp3) is 0.556. The van der Waals surface area contributed by atoms with Gasteiger partial charge in [-0.3, -0.25) is 4.79 Å². The molecule has 0 spiro atoms. The maximum Gasteiger partial charge on any atom is 0.338 e. The lowest BCUT2D eigenvalue weighted by Crippen LogP contribution is -2.42. The predicted octanol–water partition coefficient (Wildman–Crippen LogP) is 3.10. The fourth-order valence-electron chi connectivity index (χ4n) is 2.87. The van der Waals surface area contributed by atoms with E-state index in [0.717, 1.165) is 25.7 Å². The van der Waals surface area contributed by atoms with Crippen molar-refractivity contribution >= 4 is 11.9 Å². The Kier molecular flexibility index (Phi) is 5.99. The summed E-state index contributed by atoms with van der Waals surface area (Å²) in [5.74, 6) is -0.165. The van der Waals surface area contributed by atoms with Crippen molar-refractivity contribution in [2.24, 2.45) is 5.92 Å². The number of esters is 1. The molecule has 2 atom stereocenters. The van der Waals surface area contributed by atoms with Crippen molar-refractivity contribution in [3.63, 3.8) is 0 Å². The van der Waals surface area contributed by atoms with Gasteiger partial charge in [-0.2, -0.15) is 0 Å². The number of ether oxygens (including phenoxy) is 1. The van der Waals surface area contributed by atoms with E-state index in [-0.39, 0.29) is 18.6 Å². The Morgan fingerprint density at radius 3 is 2.50 bits per heavy atom. The molecule has 0 heterocycles. The van der Waals surface area contributed by atoms with Crippen molar-refractivity contribution in [3.8, 4) is 0 Å². The van der Waals surface area contributed by atoms with Crippen molar-refractivity contribution in [2.75, 3.05) is 6.61 Å². The molecule has 2 rings (SSSR count). The van der Waals surface area contributed by atoms with Crippen LogP contribution in [0, 0.1) is 5.92 Å². The van der Waals surface area contributed by atoms with E-state index in [0.29, 0.717) is 11.5 Å². The lowest BCUT2D eigenvalue weighted by Gasteiger charge is -2.29. The summed E-state index contributed by atoms with van der Waals surface area (Å²) >= 11 is 0. The number of amides is 1. The van der Waals surface area contributed by atoms with Crippen LogP contribution < -0.4 is 5.32 Å². The minimum Gasteiger partial charge on any atom is -0.452 e. The molecule has 120 valence electrons. The van der Waals surface area contributed by atoms with Gasteiger partial charge in [0, 0.05) is 6.04 Å². The first kappa shape index (κ1) is 16.5. The van der Waals surface area contributed by atoms with Crippen molar-refractivity contribution in [1.82, 2.24) is 5.32 Å². The molecule has 0 saturated heterocycles. The second-order valence-electron chi connectivity index (χ2n) is 6.06. The minimum absolute atomic E-state index is 0.211. The lowest BCUT2D eigenvalue weighted by molar-refractivity contribution is -0.125. The van der Waals surface area contributed by atoms with Gasteiger partial charge >= 0.3 is 5.97 Å². The smallest absolute Gasteiger partial charge is 0.338 e. The van der Waals surface area contributed by atoms with Gasteiger partial charge in [-0.15, -0.1) is 0 Å². The van der Waals surface area contributed by atoms with Crippen molar-refractivity contribution in [1.29, 1.82) is 0 Å². The summed E-state index contributed by atoms with van der Waals surface area (Å²) in [5, 5.41) is 2.98. The number of benzene rings is 1. The van der Waals surface area contributed by atoms with Crippen LogP contribution >= 0.6 is 0 Å². The molecule has 1 aromatic carbocycles. The molecule has 0 aromatic heterocycles. The van der Waals surface area contributed by atoms with Crippen LogP contribution in [0.1, 0.15) is 55.5 Å². The highest BCUT2D eigenvalue weighted by molar-refractivity contribution is 5.91. The summed E-state index contributed by atoms with van der Waals surface area (Å²) in [7, 11) is 0. The van der Waals surface area contributed by atoms with E-state index in [1.807, 2.05) is 12.1 Å². The van der Waals surface area contributed by atoms with Crippen LogP contribution in [0.5, 0.6) is 0 Å². The molecule has 1 fully saturated rings. The molecule has 22 heavy (non-hydrogen) atoms. The Hall–Kier alpha value is -1.84. The summed E-state index contributed by atoms with van der Waals surface area (Å²) in [6.07, 6.45) is 5.47. The third-order valence-corrected chi connectivity index (χ3v) is 4.39. The Labute approximate surface area is 132 Å². The minimum atomic E-state index is -0.450. The zero-order chi connectivity index (χ0) is 15.9. The molecular formula is C18H25NO3. The van der Waals surface area contributed by atoms with Crippen LogP contribution in [0.25, 0.3) is 0 Å². The highest BCUT2D eigenvalue weighted by Crippen LogP contribution is 2.23. The Bertz CT molecular complexity index is 510. The lowest BCUT2D eigenvalue weighted by atomic mass is 9.86. The van der Waals surface area contributed by atoms with Gasteiger partial charge in [0.15, 0.2) is 6.61 Å². The number of rotatable bonds is 5. The summed E-state index contributed by atoms with van der Waals surface area (Å²) < 4.78 is 5.09. The average molecular weight is 303 g/mol. The largest absolute Gasteiger partial charge is 0.452 e. The SMILES string of the molecule is CCc1ccc(C(=O)OCC(=O)NC2CCCCC2C)cc1. The van der Waals surface area contributed by atoms with Gasteiger partial charge in [-0.1, -0.05) is 38.8 Å². The summed E-state index contributed by atoms with van der Waals surface area (Å²) in [5.41, 5.74) is 1.65. The number of aryl methyl sites for hydroxylation is 1. The predicted molar refractivity (Wildman–Crippen MR) is 85.7 cm³/mol. The molecular weight excluding hydrogens is 278 g/mol. The van der Waals surface area contributed by atoms with Crippen molar-refractivity contribution in [3.05, 3.63) is 35.4 Å². The number of carbonyl (C=O) groups is 2. The van der Waals surface area contributed by atoms with Crippen LogP contribution in [0.2, 0.25) is 0 Å². The highest BCUT2D eigenvalue weighted by atomic mass is 16.5. The summed E-state index contributed by atoms with van der Waals surface area (Å²) in [6, 6.07) is 7.49. The molecule has 1 aliphatic carbocycles. The Morgan fingerprint density at radius 2 is 1.86 bits per heavy atom. The molecule has 0 radical (unpaired) electrons. The van der Waals surface area contributed by atoms with Crippen molar-refractivity contribution < 1.29 is 14.3 Å². The zero-order valence-electron chi connectivity index (χ0n) is 13.4. The zero-order valence-corrected chi connectivity index (χ0v) is 13.4. The Morgan fingerprint density at radius 1 is 1.18 bits per heavy atom. The third kappa shape index (κ3) is 4.58. The van der Waals surface area contributed by atoms with E-state index >= 15 is 0 Å². The fourth-order valence-corrected chi connectivity index (χ4v) is 2.87. The third-order valence-electron chi connectivity index (χ3n) is 4.39. The molecule has 0 bridgehead atoms. The molecule has 4 heteroatoms. The second-order valence-corrected chi connectivity index (χ2v) is 6.06. The van der Waals surface area contributed by atoms with Gasteiger partial charge in [0.25, 0.3) is 5.91 Å². The van der Waals surface area contributed by atoms with Crippen LogP contribution in [0.4, 0.5) is 0 Å². The monoisotopic (exact) mass is 303 g/mol. The van der Waals surface area contributed by atoms with Gasteiger partial charge in [0.1, 0.15) is 0 Å².